The Morgan fingerprint density at radius 3 is 2.31 bits per heavy atom. The van der Waals surface area contributed by atoms with E-state index in [-0.39, 0.29) is 0 Å². The van der Waals surface area contributed by atoms with Crippen LogP contribution in [0.4, 0.5) is 5.69 Å². The lowest BCUT2D eigenvalue weighted by Gasteiger charge is -2.05. The van der Waals surface area contributed by atoms with Gasteiger partial charge in [0.25, 0.3) is 0 Å². The van der Waals surface area contributed by atoms with Gasteiger partial charge in [-0.3, -0.25) is 0 Å². The van der Waals surface area contributed by atoms with Gasteiger partial charge in [0.1, 0.15) is 0 Å². The van der Waals surface area contributed by atoms with Crippen molar-refractivity contribution in [1.82, 2.24) is 0 Å². The van der Waals surface area contributed by atoms with Crippen LogP contribution in [0.3, 0.4) is 0 Å². The molecule has 0 aliphatic heterocycles. The van der Waals surface area contributed by atoms with Gasteiger partial charge in [0.05, 0.1) is 6.07 Å². The highest BCUT2D eigenvalue weighted by Gasteiger charge is 1.98. The number of nitrogens with two attached hydrogens (primary N) is 1. The second-order valence-electron chi connectivity index (χ2n) is 3.03. The number of allylic oxidation sites excluding steroid dienone is 1. The van der Waals surface area contributed by atoms with Gasteiger partial charge in [-0.1, -0.05) is 0 Å². The Kier molecular flexibility index (Phi) is 2.71. The Morgan fingerprint density at radius 1 is 1.31 bits per heavy atom. The molecule has 66 valence electrons. The van der Waals surface area contributed by atoms with Crippen molar-refractivity contribution in [3.05, 3.63) is 34.9 Å². The molecule has 0 saturated heterocycles. The molecule has 13 heavy (non-hydrogen) atoms. The summed E-state index contributed by atoms with van der Waals surface area (Å²) < 4.78 is 0. The molecule has 1 rings (SSSR count). The molecule has 0 unspecified atom stereocenters. The van der Waals surface area contributed by atoms with Crippen molar-refractivity contribution in [3.8, 4) is 6.07 Å². The Hall–Kier alpha value is -1.75. The van der Waals surface area contributed by atoms with Gasteiger partial charge in [-0.25, -0.2) is 0 Å². The van der Waals surface area contributed by atoms with E-state index in [0.29, 0.717) is 0 Å². The van der Waals surface area contributed by atoms with E-state index in [4.69, 9.17) is 11.0 Å². The number of nitriles is 1. The van der Waals surface area contributed by atoms with Gasteiger partial charge in [-0.15, -0.1) is 0 Å². The molecule has 1 aromatic carbocycles. The molecule has 0 fully saturated rings. The number of hydrogen-bond donors (Lipinski definition) is 1. The number of nitrogens with zero attached hydrogens (tertiary/aromatic N) is 1. The van der Waals surface area contributed by atoms with Crippen LogP contribution in [0, 0.1) is 25.2 Å². The molecule has 0 aromatic heterocycles. The predicted octanol–water partition coefficient (Wildman–Crippen LogP) is 2.42. The largest absolute Gasteiger partial charge is 0.398 e. The Labute approximate surface area is 78.3 Å². The third-order valence-corrected chi connectivity index (χ3v) is 1.97. The van der Waals surface area contributed by atoms with Crippen molar-refractivity contribution in [2.75, 3.05) is 5.73 Å². The molecule has 0 radical (unpaired) electrons. The van der Waals surface area contributed by atoms with Crippen molar-refractivity contribution in [3.63, 3.8) is 0 Å². The smallest absolute Gasteiger partial charge is 0.0912 e. The number of anilines is 1. The molecule has 0 amide bonds. The molecule has 0 atom stereocenters. The van der Waals surface area contributed by atoms with Crippen LogP contribution in [-0.2, 0) is 0 Å². The molecule has 0 saturated carbocycles. The first-order chi connectivity index (χ1) is 6.15. The van der Waals surface area contributed by atoms with Crippen LogP contribution in [0.15, 0.2) is 18.2 Å². The van der Waals surface area contributed by atoms with Gasteiger partial charge < -0.3 is 5.73 Å². The van der Waals surface area contributed by atoms with E-state index >= 15 is 0 Å². The minimum absolute atomic E-state index is 0.828. The van der Waals surface area contributed by atoms with E-state index in [9.17, 15) is 0 Å². The first-order valence-electron chi connectivity index (χ1n) is 4.08. The maximum Gasteiger partial charge on any atom is 0.0912 e. The molecule has 0 aliphatic carbocycles. The first kappa shape index (κ1) is 9.34. The van der Waals surface area contributed by atoms with Crippen LogP contribution < -0.4 is 5.73 Å². The number of hydrogen-bond acceptors (Lipinski definition) is 2. The first-order valence-corrected chi connectivity index (χ1v) is 4.08. The van der Waals surface area contributed by atoms with Crippen LogP contribution in [0.5, 0.6) is 0 Å². The second kappa shape index (κ2) is 3.77. The number of aryl methyl sites for hydroxylation is 2. The van der Waals surface area contributed by atoms with E-state index in [2.05, 4.69) is 0 Å². The summed E-state index contributed by atoms with van der Waals surface area (Å²) in [6.45, 7) is 3.93. The van der Waals surface area contributed by atoms with Gasteiger partial charge in [-0.2, -0.15) is 5.26 Å². The van der Waals surface area contributed by atoms with E-state index < -0.39 is 0 Å². The summed E-state index contributed by atoms with van der Waals surface area (Å²) in [7, 11) is 0. The van der Waals surface area contributed by atoms with Gasteiger partial charge in [0.2, 0.25) is 0 Å². The normalized spacial score (nSPS) is 10.2. The zero-order chi connectivity index (χ0) is 9.84. The third-order valence-electron chi connectivity index (χ3n) is 1.97. The summed E-state index contributed by atoms with van der Waals surface area (Å²) >= 11 is 0. The molecule has 2 nitrogen and oxygen atoms in total. The van der Waals surface area contributed by atoms with Crippen molar-refractivity contribution >= 4 is 11.8 Å². The minimum Gasteiger partial charge on any atom is -0.398 e. The Balaban J connectivity index is 3.15. The maximum atomic E-state index is 8.36. The maximum absolute atomic E-state index is 8.36. The number of nitrogen functional groups attached to an aromatic ring is 1. The van der Waals surface area contributed by atoms with E-state index in [1.165, 1.54) is 6.08 Å². The summed E-state index contributed by atoms with van der Waals surface area (Å²) in [5.41, 5.74) is 9.74. The van der Waals surface area contributed by atoms with Crippen LogP contribution in [-0.4, -0.2) is 0 Å². The fourth-order valence-electron chi connectivity index (χ4n) is 1.24. The van der Waals surface area contributed by atoms with Gasteiger partial charge in [0.15, 0.2) is 0 Å². The van der Waals surface area contributed by atoms with Crippen molar-refractivity contribution in [2.24, 2.45) is 0 Å². The van der Waals surface area contributed by atoms with E-state index in [0.717, 1.165) is 22.4 Å². The molecular formula is C11H12N2. The highest BCUT2D eigenvalue weighted by molar-refractivity contribution is 5.62. The number of rotatable bonds is 1. The lowest BCUT2D eigenvalue weighted by Crippen LogP contribution is -1.93. The topological polar surface area (TPSA) is 49.8 Å². The minimum atomic E-state index is 0.828. The molecule has 2 heteroatoms. The van der Waals surface area contributed by atoms with Crippen LogP contribution in [0.1, 0.15) is 16.7 Å². The molecule has 1 aromatic rings. The predicted molar refractivity (Wildman–Crippen MR) is 55.0 cm³/mol. The standard InChI is InChI=1S/C11H12N2/c1-8-6-10(4-3-5-12)7-9(2)11(8)13/h3-4,6-7H,13H2,1-2H3/b4-3-. The quantitative estimate of drug-likeness (QED) is 0.522. The number of benzene rings is 1. The summed E-state index contributed by atoms with van der Waals surface area (Å²) in [5.74, 6) is 0. The van der Waals surface area contributed by atoms with Crippen molar-refractivity contribution in [2.45, 2.75) is 13.8 Å². The molecule has 0 spiro atoms. The van der Waals surface area contributed by atoms with Crippen LogP contribution >= 0.6 is 0 Å². The average molecular weight is 172 g/mol. The van der Waals surface area contributed by atoms with Gasteiger partial charge in [0, 0.05) is 11.8 Å². The van der Waals surface area contributed by atoms with Gasteiger partial charge >= 0.3 is 0 Å². The van der Waals surface area contributed by atoms with Crippen molar-refractivity contribution in [1.29, 1.82) is 5.26 Å². The second-order valence-corrected chi connectivity index (χ2v) is 3.03. The highest BCUT2D eigenvalue weighted by atomic mass is 14.6. The van der Waals surface area contributed by atoms with E-state index in [1.54, 1.807) is 6.08 Å². The Bertz CT molecular complexity index is 361. The molecule has 0 aliphatic rings. The summed E-state index contributed by atoms with van der Waals surface area (Å²) in [5, 5.41) is 8.36. The zero-order valence-electron chi connectivity index (χ0n) is 7.83. The Morgan fingerprint density at radius 2 is 1.85 bits per heavy atom. The monoisotopic (exact) mass is 172 g/mol. The average Bonchev–Trinajstić information content (AvgIpc) is 2.10. The molecule has 0 bridgehead atoms. The summed E-state index contributed by atoms with van der Waals surface area (Å²) in [6.07, 6.45) is 3.24. The molecule has 0 heterocycles. The lowest BCUT2D eigenvalue weighted by molar-refractivity contribution is 1.38. The fourth-order valence-corrected chi connectivity index (χ4v) is 1.24. The van der Waals surface area contributed by atoms with Crippen molar-refractivity contribution < 1.29 is 0 Å². The highest BCUT2D eigenvalue weighted by Crippen LogP contribution is 2.19. The summed E-state index contributed by atoms with van der Waals surface area (Å²) in [4.78, 5) is 0. The molecule has 2 N–H and O–H groups in total. The fraction of sp³-hybridized carbons (Fsp3) is 0.182. The zero-order valence-corrected chi connectivity index (χ0v) is 7.83. The van der Waals surface area contributed by atoms with Crippen LogP contribution in [0.25, 0.3) is 6.08 Å². The lowest BCUT2D eigenvalue weighted by atomic mass is 10.0. The SMILES string of the molecule is Cc1cc(/C=C\C#N)cc(C)c1N. The van der Waals surface area contributed by atoms with E-state index in [1.807, 2.05) is 32.0 Å². The van der Waals surface area contributed by atoms with Crippen LogP contribution in [0.2, 0.25) is 0 Å². The summed E-state index contributed by atoms with van der Waals surface area (Å²) in [6, 6.07) is 5.89. The molecular weight excluding hydrogens is 160 g/mol. The van der Waals surface area contributed by atoms with Gasteiger partial charge in [-0.05, 0) is 48.7 Å². The third kappa shape index (κ3) is 2.09.